The molecule has 0 radical (unpaired) electrons. The van der Waals surface area contributed by atoms with Gasteiger partial charge in [-0.05, 0) is 38.2 Å². The Morgan fingerprint density at radius 2 is 2.17 bits per heavy atom. The molecular weight excluding hydrogens is 312 g/mol. The van der Waals surface area contributed by atoms with Crippen LogP contribution < -0.4 is 5.32 Å². The maximum Gasteiger partial charge on any atom is 0.294 e. The van der Waals surface area contributed by atoms with Gasteiger partial charge < -0.3 is 9.15 Å². The Balaban J connectivity index is 2.05. The number of nitrogens with one attached hydrogen (secondary N) is 1. The normalized spacial score (nSPS) is 16.9. The van der Waals surface area contributed by atoms with Crippen molar-refractivity contribution in [1.82, 2.24) is 10.3 Å². The fraction of sp³-hybridized carbons (Fsp3) is 0.118. The molecule has 1 saturated heterocycles. The molecule has 1 amide bonds. The fourth-order valence-electron chi connectivity index (χ4n) is 2.21. The van der Waals surface area contributed by atoms with E-state index in [1.165, 1.54) is 6.08 Å². The number of fused-ring (bicyclic) bond motifs is 1. The van der Waals surface area contributed by atoms with E-state index in [2.05, 4.69) is 10.3 Å². The Morgan fingerprint density at radius 1 is 1.35 bits per heavy atom. The average Bonchev–Trinajstić information content (AvgIpc) is 3.05. The number of furan rings is 1. The minimum Gasteiger partial charge on any atom is -0.456 e. The summed E-state index contributed by atoms with van der Waals surface area (Å²) in [7, 11) is 0. The van der Waals surface area contributed by atoms with Gasteiger partial charge in [0.05, 0.1) is 0 Å². The molecule has 1 aliphatic rings. The first kappa shape index (κ1) is 15.2. The van der Waals surface area contributed by atoms with Gasteiger partial charge in [-0.2, -0.15) is 0 Å². The molecule has 0 spiro atoms. The smallest absolute Gasteiger partial charge is 0.294 e. The zero-order valence-electron chi connectivity index (χ0n) is 12.6. The van der Waals surface area contributed by atoms with Gasteiger partial charge in [0.15, 0.2) is 5.76 Å². The predicted octanol–water partition coefficient (Wildman–Crippen LogP) is 3.50. The van der Waals surface area contributed by atoms with Crippen molar-refractivity contribution in [3.05, 3.63) is 53.3 Å². The molecule has 0 atom stereocenters. The summed E-state index contributed by atoms with van der Waals surface area (Å²) >= 11 is 4.80. The lowest BCUT2D eigenvalue weighted by Crippen LogP contribution is -2.18. The van der Waals surface area contributed by atoms with Gasteiger partial charge in [0.1, 0.15) is 11.3 Å². The number of rotatable bonds is 3. The summed E-state index contributed by atoms with van der Waals surface area (Å²) in [5.41, 5.74) is 2.48. The summed E-state index contributed by atoms with van der Waals surface area (Å²) in [5, 5.41) is 3.30. The SMILES string of the molecule is C/C=C\C=C/c1c(C)ncc2cc(/C=C3\OC(=S)NC3=O)oc12. The van der Waals surface area contributed by atoms with E-state index >= 15 is 0 Å². The third-order valence-corrected chi connectivity index (χ3v) is 3.48. The lowest BCUT2D eigenvalue weighted by molar-refractivity contribution is -0.116. The number of carbonyl (C=O) groups excluding carboxylic acids is 1. The monoisotopic (exact) mass is 326 g/mol. The highest BCUT2D eigenvalue weighted by atomic mass is 32.1. The molecule has 23 heavy (non-hydrogen) atoms. The van der Waals surface area contributed by atoms with Gasteiger partial charge in [0.2, 0.25) is 0 Å². The van der Waals surface area contributed by atoms with Gasteiger partial charge in [-0.1, -0.05) is 18.2 Å². The number of hydrogen-bond donors (Lipinski definition) is 1. The second-order valence-electron chi connectivity index (χ2n) is 4.93. The molecule has 1 fully saturated rings. The van der Waals surface area contributed by atoms with Crippen LogP contribution in [0, 0.1) is 6.92 Å². The third-order valence-electron chi connectivity index (χ3n) is 3.29. The van der Waals surface area contributed by atoms with Crippen LogP contribution in [0.1, 0.15) is 23.9 Å². The molecule has 116 valence electrons. The van der Waals surface area contributed by atoms with E-state index < -0.39 is 0 Å². The predicted molar refractivity (Wildman–Crippen MR) is 92.4 cm³/mol. The topological polar surface area (TPSA) is 64.4 Å². The summed E-state index contributed by atoms with van der Waals surface area (Å²) < 4.78 is 11.0. The number of carbonyl (C=O) groups is 1. The Hall–Kier alpha value is -2.73. The molecule has 3 heterocycles. The molecule has 6 heteroatoms. The van der Waals surface area contributed by atoms with Crippen LogP contribution in [-0.4, -0.2) is 16.1 Å². The van der Waals surface area contributed by atoms with Gasteiger partial charge >= 0.3 is 0 Å². The average molecular weight is 326 g/mol. The summed E-state index contributed by atoms with van der Waals surface area (Å²) in [4.78, 5) is 16.0. The summed E-state index contributed by atoms with van der Waals surface area (Å²) in [6.07, 6.45) is 11.0. The van der Waals surface area contributed by atoms with Crippen LogP contribution in [0.5, 0.6) is 0 Å². The number of hydrogen-bond acceptors (Lipinski definition) is 5. The number of ether oxygens (including phenoxy) is 1. The molecule has 2 aromatic rings. The van der Waals surface area contributed by atoms with E-state index in [0.717, 1.165) is 16.6 Å². The third kappa shape index (κ3) is 3.07. The highest BCUT2D eigenvalue weighted by molar-refractivity contribution is 7.80. The summed E-state index contributed by atoms with van der Waals surface area (Å²) in [6, 6.07) is 1.81. The number of thiocarbonyl (C=S) groups is 1. The molecule has 5 nitrogen and oxygen atoms in total. The van der Waals surface area contributed by atoms with Gasteiger partial charge in [0.25, 0.3) is 11.1 Å². The Bertz CT molecular complexity index is 891. The fourth-order valence-corrected chi connectivity index (χ4v) is 2.39. The molecule has 0 bridgehead atoms. The van der Waals surface area contributed by atoms with Crippen molar-refractivity contribution in [3.63, 3.8) is 0 Å². The number of aromatic nitrogens is 1. The number of nitrogens with zero attached hydrogens (tertiary/aromatic N) is 1. The zero-order chi connectivity index (χ0) is 16.4. The van der Waals surface area contributed by atoms with Crippen LogP contribution in [0.2, 0.25) is 0 Å². The molecule has 0 aromatic carbocycles. The molecule has 0 saturated carbocycles. The summed E-state index contributed by atoms with van der Waals surface area (Å²) in [5.74, 6) is 0.241. The van der Waals surface area contributed by atoms with Crippen LogP contribution >= 0.6 is 12.2 Å². The van der Waals surface area contributed by atoms with Crippen LogP contribution in [0.15, 0.2) is 40.7 Å². The minimum absolute atomic E-state index is 0.0462. The first-order chi connectivity index (χ1) is 11.1. The molecule has 1 N–H and O–H groups in total. The van der Waals surface area contributed by atoms with Crippen LogP contribution in [0.4, 0.5) is 0 Å². The summed E-state index contributed by atoms with van der Waals surface area (Å²) in [6.45, 7) is 3.87. The lowest BCUT2D eigenvalue weighted by Gasteiger charge is -1.99. The van der Waals surface area contributed by atoms with E-state index in [0.29, 0.717) is 11.3 Å². The first-order valence-electron chi connectivity index (χ1n) is 7.02. The van der Waals surface area contributed by atoms with Crippen molar-refractivity contribution in [2.24, 2.45) is 0 Å². The molecule has 3 rings (SSSR count). The number of pyridine rings is 1. The Kier molecular flexibility index (Phi) is 4.08. The first-order valence-corrected chi connectivity index (χ1v) is 7.42. The Labute approximate surface area is 138 Å². The van der Waals surface area contributed by atoms with Crippen LogP contribution in [0.25, 0.3) is 23.1 Å². The maximum absolute atomic E-state index is 11.6. The highest BCUT2D eigenvalue weighted by Crippen LogP contribution is 2.27. The van der Waals surface area contributed by atoms with E-state index in [1.807, 2.05) is 38.2 Å². The van der Waals surface area contributed by atoms with Crippen molar-refractivity contribution in [2.45, 2.75) is 13.8 Å². The van der Waals surface area contributed by atoms with Crippen LogP contribution in [0.3, 0.4) is 0 Å². The quantitative estimate of drug-likeness (QED) is 0.531. The van der Waals surface area contributed by atoms with Crippen molar-refractivity contribution < 1.29 is 13.9 Å². The Morgan fingerprint density at radius 3 is 2.87 bits per heavy atom. The second kappa shape index (κ2) is 6.18. The minimum atomic E-state index is -0.377. The van der Waals surface area contributed by atoms with Gasteiger partial charge in [-0.3, -0.25) is 15.1 Å². The van der Waals surface area contributed by atoms with Crippen molar-refractivity contribution in [3.8, 4) is 0 Å². The molecule has 2 aromatic heterocycles. The lowest BCUT2D eigenvalue weighted by atomic mass is 10.1. The molecule has 0 unspecified atom stereocenters. The second-order valence-corrected chi connectivity index (χ2v) is 5.30. The van der Waals surface area contributed by atoms with Gasteiger partial charge in [-0.25, -0.2) is 0 Å². The van der Waals surface area contributed by atoms with Crippen molar-refractivity contribution in [2.75, 3.05) is 0 Å². The number of allylic oxidation sites excluding steroid dienone is 3. The van der Waals surface area contributed by atoms with Crippen molar-refractivity contribution in [1.29, 1.82) is 0 Å². The van der Waals surface area contributed by atoms with E-state index in [-0.39, 0.29) is 16.8 Å². The zero-order valence-corrected chi connectivity index (χ0v) is 13.4. The molecule has 0 aliphatic carbocycles. The highest BCUT2D eigenvalue weighted by Gasteiger charge is 2.23. The van der Waals surface area contributed by atoms with E-state index in [4.69, 9.17) is 21.4 Å². The number of aryl methyl sites for hydroxylation is 1. The maximum atomic E-state index is 11.6. The van der Waals surface area contributed by atoms with Crippen molar-refractivity contribution >= 4 is 46.4 Å². The van der Waals surface area contributed by atoms with Gasteiger partial charge in [0, 0.05) is 28.9 Å². The molecular formula is C17H14N2O3S. The largest absolute Gasteiger partial charge is 0.456 e. The standard InChI is InChI=1S/C17H14N2O3S/c1-3-4-5-6-13-10(2)18-9-11-7-12(21-15(11)13)8-14-16(20)19-17(23)22-14/h3-9H,1-2H3,(H,19,20,23)/b4-3-,6-5-,14-8-. The molecule has 1 aliphatic heterocycles. The van der Waals surface area contributed by atoms with E-state index in [9.17, 15) is 4.79 Å². The van der Waals surface area contributed by atoms with Crippen LogP contribution in [-0.2, 0) is 9.53 Å². The van der Waals surface area contributed by atoms with E-state index in [1.54, 1.807) is 12.3 Å². The van der Waals surface area contributed by atoms with Gasteiger partial charge in [-0.15, -0.1) is 0 Å². The number of amides is 1.